The molecule has 0 radical (unpaired) electrons. The highest BCUT2D eigenvalue weighted by Crippen LogP contribution is 2.34. The quantitative estimate of drug-likeness (QED) is 0.783. The number of methoxy groups -OCH3 is 3. The molecule has 0 fully saturated rings. The molecule has 2 N–H and O–H groups in total. The minimum atomic E-state index is -4.02. The monoisotopic (exact) mass is 275 g/mol. The van der Waals surface area contributed by atoms with Gasteiger partial charge in [-0.15, -0.1) is 0 Å². The molecule has 100 valence electrons. The third kappa shape index (κ3) is 2.54. The SMILES string of the molecule is COC(=O)c1c(OC)ccc(S(N)(=O)=O)c1OC. The standard InChI is InChI=1S/C10H13NO6S/c1-15-6-4-5-7(18(11,13)14)9(16-2)8(6)10(12)17-3/h4-5H,1-3H3,(H2,11,13,14). The lowest BCUT2D eigenvalue weighted by atomic mass is 10.1. The largest absolute Gasteiger partial charge is 0.496 e. The van der Waals surface area contributed by atoms with Gasteiger partial charge in [0.1, 0.15) is 16.2 Å². The number of carbonyl (C=O) groups excluding carboxylic acids is 1. The zero-order valence-corrected chi connectivity index (χ0v) is 10.9. The summed E-state index contributed by atoms with van der Waals surface area (Å²) in [5.74, 6) is -0.857. The maximum Gasteiger partial charge on any atom is 0.345 e. The zero-order valence-electron chi connectivity index (χ0n) is 10.1. The molecule has 0 bridgehead atoms. The van der Waals surface area contributed by atoms with Crippen LogP contribution < -0.4 is 14.6 Å². The van der Waals surface area contributed by atoms with Crippen molar-refractivity contribution in [2.24, 2.45) is 5.14 Å². The average Bonchev–Trinajstić information content (AvgIpc) is 2.34. The van der Waals surface area contributed by atoms with Crippen molar-refractivity contribution in [2.75, 3.05) is 21.3 Å². The van der Waals surface area contributed by atoms with Gasteiger partial charge in [0.2, 0.25) is 10.0 Å². The maximum absolute atomic E-state index is 11.6. The van der Waals surface area contributed by atoms with Crippen molar-refractivity contribution in [3.05, 3.63) is 17.7 Å². The van der Waals surface area contributed by atoms with Crippen molar-refractivity contribution in [2.45, 2.75) is 4.90 Å². The Hall–Kier alpha value is -1.80. The molecule has 1 aromatic carbocycles. The Bertz CT molecular complexity index is 566. The van der Waals surface area contributed by atoms with Gasteiger partial charge in [-0.2, -0.15) is 0 Å². The van der Waals surface area contributed by atoms with Crippen molar-refractivity contribution in [1.82, 2.24) is 0 Å². The Morgan fingerprint density at radius 2 is 1.78 bits per heavy atom. The lowest BCUT2D eigenvalue weighted by Gasteiger charge is -2.14. The first-order valence-electron chi connectivity index (χ1n) is 4.73. The van der Waals surface area contributed by atoms with Crippen LogP contribution in [0.1, 0.15) is 10.4 Å². The van der Waals surface area contributed by atoms with Crippen LogP contribution in [0.5, 0.6) is 11.5 Å². The molecule has 0 unspecified atom stereocenters. The van der Waals surface area contributed by atoms with Crippen LogP contribution in [-0.4, -0.2) is 35.7 Å². The minimum absolute atomic E-state index is 0.131. The van der Waals surface area contributed by atoms with Gasteiger partial charge in [0.25, 0.3) is 0 Å². The number of esters is 1. The first kappa shape index (κ1) is 14.3. The van der Waals surface area contributed by atoms with Gasteiger partial charge < -0.3 is 14.2 Å². The highest BCUT2D eigenvalue weighted by molar-refractivity contribution is 7.89. The van der Waals surface area contributed by atoms with Gasteiger partial charge in [-0.25, -0.2) is 18.4 Å². The van der Waals surface area contributed by atoms with Crippen molar-refractivity contribution < 1.29 is 27.4 Å². The fourth-order valence-electron chi connectivity index (χ4n) is 1.44. The van der Waals surface area contributed by atoms with E-state index in [2.05, 4.69) is 4.74 Å². The number of hydrogen-bond acceptors (Lipinski definition) is 6. The third-order valence-electron chi connectivity index (χ3n) is 2.20. The average molecular weight is 275 g/mol. The lowest BCUT2D eigenvalue weighted by molar-refractivity contribution is 0.0592. The third-order valence-corrected chi connectivity index (χ3v) is 3.14. The van der Waals surface area contributed by atoms with E-state index in [0.29, 0.717) is 0 Å². The fraction of sp³-hybridized carbons (Fsp3) is 0.300. The molecular formula is C10H13NO6S. The van der Waals surface area contributed by atoms with Gasteiger partial charge in [0.05, 0.1) is 21.3 Å². The van der Waals surface area contributed by atoms with E-state index in [4.69, 9.17) is 14.6 Å². The topological polar surface area (TPSA) is 105 Å². The van der Waals surface area contributed by atoms with E-state index in [0.717, 1.165) is 7.11 Å². The summed E-state index contributed by atoms with van der Waals surface area (Å²) < 4.78 is 37.2. The van der Waals surface area contributed by atoms with E-state index in [9.17, 15) is 13.2 Å². The van der Waals surface area contributed by atoms with Crippen molar-refractivity contribution >= 4 is 16.0 Å². The smallest absolute Gasteiger partial charge is 0.345 e. The summed E-state index contributed by atoms with van der Waals surface area (Å²) in [6.45, 7) is 0. The van der Waals surface area contributed by atoms with Crippen LogP contribution in [0.15, 0.2) is 17.0 Å². The summed E-state index contributed by atoms with van der Waals surface area (Å²) in [5.41, 5.74) is -0.131. The molecule has 0 spiro atoms. The molecule has 0 amide bonds. The Balaban J connectivity index is 3.68. The van der Waals surface area contributed by atoms with Crippen molar-refractivity contribution in [3.8, 4) is 11.5 Å². The van der Waals surface area contributed by atoms with Crippen molar-refractivity contribution in [3.63, 3.8) is 0 Å². The van der Waals surface area contributed by atoms with Gasteiger partial charge in [0.15, 0.2) is 5.75 Å². The Morgan fingerprint density at radius 3 is 2.17 bits per heavy atom. The van der Waals surface area contributed by atoms with Crippen molar-refractivity contribution in [1.29, 1.82) is 0 Å². The lowest BCUT2D eigenvalue weighted by Crippen LogP contribution is -2.16. The van der Waals surface area contributed by atoms with Gasteiger partial charge in [-0.1, -0.05) is 0 Å². The van der Waals surface area contributed by atoms with Gasteiger partial charge >= 0.3 is 5.97 Å². The van der Waals surface area contributed by atoms with E-state index < -0.39 is 16.0 Å². The molecular weight excluding hydrogens is 262 g/mol. The second-order valence-electron chi connectivity index (χ2n) is 3.21. The molecule has 1 aromatic rings. The summed E-state index contributed by atoms with van der Waals surface area (Å²) in [6, 6.07) is 2.49. The Morgan fingerprint density at radius 1 is 1.17 bits per heavy atom. The molecule has 0 heterocycles. The number of sulfonamides is 1. The van der Waals surface area contributed by atoms with Gasteiger partial charge in [-0.3, -0.25) is 0 Å². The number of nitrogens with two attached hydrogens (primary N) is 1. The molecule has 0 aliphatic heterocycles. The minimum Gasteiger partial charge on any atom is -0.496 e. The second-order valence-corrected chi connectivity index (χ2v) is 4.74. The highest BCUT2D eigenvalue weighted by atomic mass is 32.2. The fourth-order valence-corrected chi connectivity index (χ4v) is 2.14. The molecule has 0 aliphatic rings. The summed E-state index contributed by atoms with van der Waals surface area (Å²) in [5, 5.41) is 5.03. The first-order valence-corrected chi connectivity index (χ1v) is 6.27. The van der Waals surface area contributed by atoms with Crippen LogP contribution >= 0.6 is 0 Å². The van der Waals surface area contributed by atoms with E-state index in [1.165, 1.54) is 26.4 Å². The number of primary sulfonamides is 1. The molecule has 0 saturated carbocycles. The number of rotatable bonds is 4. The molecule has 8 heteroatoms. The normalized spacial score (nSPS) is 10.9. The van der Waals surface area contributed by atoms with E-state index in [-0.39, 0.29) is 22.0 Å². The summed E-state index contributed by atoms with van der Waals surface area (Å²) in [4.78, 5) is 11.3. The number of ether oxygens (including phenoxy) is 3. The van der Waals surface area contributed by atoms with Gasteiger partial charge in [-0.05, 0) is 12.1 Å². The molecule has 1 rings (SSSR count). The molecule has 7 nitrogen and oxygen atoms in total. The molecule has 0 atom stereocenters. The van der Waals surface area contributed by atoms with E-state index in [1.807, 2.05) is 0 Å². The van der Waals surface area contributed by atoms with Crippen LogP contribution in [0, 0.1) is 0 Å². The van der Waals surface area contributed by atoms with Crippen LogP contribution in [0.4, 0.5) is 0 Å². The predicted molar refractivity (Wildman–Crippen MR) is 62.3 cm³/mol. The molecule has 0 aromatic heterocycles. The van der Waals surface area contributed by atoms with E-state index >= 15 is 0 Å². The maximum atomic E-state index is 11.6. The zero-order chi connectivity index (χ0) is 13.9. The molecule has 18 heavy (non-hydrogen) atoms. The van der Waals surface area contributed by atoms with Gasteiger partial charge in [0, 0.05) is 0 Å². The van der Waals surface area contributed by atoms with Crippen LogP contribution in [0.3, 0.4) is 0 Å². The Labute approximate surface area is 104 Å². The number of hydrogen-bond donors (Lipinski definition) is 1. The number of carbonyl (C=O) groups is 1. The van der Waals surface area contributed by atoms with Crippen LogP contribution in [0.25, 0.3) is 0 Å². The van der Waals surface area contributed by atoms with Crippen LogP contribution in [-0.2, 0) is 14.8 Å². The van der Waals surface area contributed by atoms with Crippen LogP contribution in [0.2, 0.25) is 0 Å². The Kier molecular flexibility index (Phi) is 4.15. The molecule has 0 aliphatic carbocycles. The number of benzene rings is 1. The predicted octanol–water partition coefficient (Wildman–Crippen LogP) is 0.138. The summed E-state index contributed by atoms with van der Waals surface area (Å²) in [7, 11) is -0.316. The second kappa shape index (κ2) is 5.23. The summed E-state index contributed by atoms with van der Waals surface area (Å²) in [6.07, 6.45) is 0. The summed E-state index contributed by atoms with van der Waals surface area (Å²) >= 11 is 0. The first-order chi connectivity index (χ1) is 8.36. The van der Waals surface area contributed by atoms with E-state index in [1.54, 1.807) is 0 Å². The molecule has 0 saturated heterocycles. The highest BCUT2D eigenvalue weighted by Gasteiger charge is 2.26.